The number of carbonyl (C=O) groups is 1. The van der Waals surface area contributed by atoms with Gasteiger partial charge in [0, 0.05) is 6.42 Å². The lowest BCUT2D eigenvalue weighted by Gasteiger charge is -2.19. The minimum Gasteiger partial charge on any atom is -0.394 e. The largest absolute Gasteiger partial charge is 0.394 e. The zero-order valence-electron chi connectivity index (χ0n) is 48.1. The van der Waals surface area contributed by atoms with Crippen molar-refractivity contribution in [1.82, 2.24) is 5.32 Å². The molecule has 0 saturated heterocycles. The van der Waals surface area contributed by atoms with Gasteiger partial charge in [0.2, 0.25) is 5.91 Å². The number of aliphatic hydroxyl groups is 2. The van der Waals surface area contributed by atoms with Crippen molar-refractivity contribution in [3.63, 3.8) is 0 Å². The minimum atomic E-state index is -0.877. The summed E-state index contributed by atoms with van der Waals surface area (Å²) in [6, 6.07) is -0.652. The molecule has 0 aliphatic carbocycles. The van der Waals surface area contributed by atoms with Gasteiger partial charge in [-0.1, -0.05) is 302 Å². The van der Waals surface area contributed by atoms with E-state index in [1.807, 2.05) is 6.08 Å². The van der Waals surface area contributed by atoms with Crippen LogP contribution >= 0.6 is 0 Å². The van der Waals surface area contributed by atoms with Crippen LogP contribution in [0, 0.1) is 0 Å². The number of aliphatic hydroxyl groups excluding tert-OH is 2. The van der Waals surface area contributed by atoms with Gasteiger partial charge >= 0.3 is 0 Å². The summed E-state index contributed by atoms with van der Waals surface area (Å²) in [6.45, 7) is 4.19. The van der Waals surface area contributed by atoms with Crippen molar-refractivity contribution in [2.45, 2.75) is 302 Å². The molecule has 0 aromatic carbocycles. The average molecular weight is 1010 g/mol. The normalized spacial score (nSPS) is 13.6. The van der Waals surface area contributed by atoms with Crippen LogP contribution in [0.2, 0.25) is 0 Å². The van der Waals surface area contributed by atoms with Gasteiger partial charge in [0.25, 0.3) is 0 Å². The van der Waals surface area contributed by atoms with Crippen molar-refractivity contribution in [2.75, 3.05) is 6.61 Å². The molecule has 0 bridgehead atoms. The first kappa shape index (κ1) is 69.8. The highest BCUT2D eigenvalue weighted by Gasteiger charge is 2.18. The van der Waals surface area contributed by atoms with Crippen LogP contribution in [0.5, 0.6) is 0 Å². The van der Waals surface area contributed by atoms with E-state index >= 15 is 0 Å². The Morgan fingerprint density at radius 3 is 0.959 bits per heavy atom. The van der Waals surface area contributed by atoms with Crippen molar-refractivity contribution in [3.8, 4) is 0 Å². The van der Waals surface area contributed by atoms with Gasteiger partial charge in [0.1, 0.15) is 0 Å². The van der Waals surface area contributed by atoms with E-state index in [1.54, 1.807) is 6.08 Å². The van der Waals surface area contributed by atoms with Crippen molar-refractivity contribution >= 4 is 5.91 Å². The van der Waals surface area contributed by atoms with E-state index in [4.69, 9.17) is 0 Å². The van der Waals surface area contributed by atoms with Crippen LogP contribution in [0.15, 0.2) is 122 Å². The SMILES string of the molecule is CC/C=C\C/C=C\C/C=C\C/C=C\C/C=C\C/C=C\C/C=C\CCCCCCCCCCCCCCCCCCCC(=O)NC(CO)C(O)/C=C/CC/C=C/CC/C=C/CCCCCCCCCCCCCC. The molecule has 0 aromatic heterocycles. The summed E-state index contributed by atoms with van der Waals surface area (Å²) in [6.07, 6.45) is 96.7. The number of carbonyl (C=O) groups excluding carboxylic acids is 1. The van der Waals surface area contributed by atoms with E-state index < -0.39 is 12.1 Å². The zero-order chi connectivity index (χ0) is 52.7. The summed E-state index contributed by atoms with van der Waals surface area (Å²) in [5.41, 5.74) is 0. The zero-order valence-corrected chi connectivity index (χ0v) is 48.1. The number of allylic oxidation sites excluding steroid dienone is 19. The molecule has 0 saturated carbocycles. The van der Waals surface area contributed by atoms with Gasteiger partial charge in [-0.15, -0.1) is 0 Å². The van der Waals surface area contributed by atoms with E-state index in [1.165, 1.54) is 186 Å². The molecule has 2 atom stereocenters. The second-order valence-corrected chi connectivity index (χ2v) is 20.7. The van der Waals surface area contributed by atoms with Gasteiger partial charge in [-0.05, 0) is 103 Å². The van der Waals surface area contributed by atoms with E-state index in [0.29, 0.717) is 6.42 Å². The average Bonchev–Trinajstić information content (AvgIpc) is 3.40. The molecule has 4 heteroatoms. The summed E-state index contributed by atoms with van der Waals surface area (Å²) < 4.78 is 0. The molecule has 0 aliphatic heterocycles. The van der Waals surface area contributed by atoms with Gasteiger partial charge < -0.3 is 15.5 Å². The summed E-state index contributed by atoms with van der Waals surface area (Å²) in [7, 11) is 0. The Morgan fingerprint density at radius 1 is 0.342 bits per heavy atom. The maximum absolute atomic E-state index is 12.5. The van der Waals surface area contributed by atoms with E-state index in [9.17, 15) is 15.0 Å². The van der Waals surface area contributed by atoms with E-state index in [0.717, 1.165) is 83.5 Å². The third kappa shape index (κ3) is 59.5. The molecule has 0 rings (SSSR count). The molecule has 2 unspecified atom stereocenters. The second-order valence-electron chi connectivity index (χ2n) is 20.7. The quantitative estimate of drug-likeness (QED) is 0.0420. The number of hydrogen-bond acceptors (Lipinski definition) is 3. The number of rotatable bonds is 56. The Kier molecular flexibility index (Phi) is 60.3. The van der Waals surface area contributed by atoms with Crippen molar-refractivity contribution in [1.29, 1.82) is 0 Å². The van der Waals surface area contributed by atoms with Crippen LogP contribution in [-0.4, -0.2) is 34.9 Å². The molecule has 0 spiro atoms. The summed E-state index contributed by atoms with van der Waals surface area (Å²) >= 11 is 0. The lowest BCUT2D eigenvalue weighted by molar-refractivity contribution is -0.123. The Morgan fingerprint density at radius 2 is 0.616 bits per heavy atom. The molecule has 418 valence electrons. The smallest absolute Gasteiger partial charge is 0.220 e. The van der Waals surface area contributed by atoms with Crippen molar-refractivity contribution < 1.29 is 15.0 Å². The molecule has 0 aliphatic rings. The molecule has 0 heterocycles. The molecule has 0 aromatic rings. The van der Waals surface area contributed by atoms with Crippen LogP contribution < -0.4 is 5.32 Å². The minimum absolute atomic E-state index is 0.0788. The maximum Gasteiger partial charge on any atom is 0.220 e. The van der Waals surface area contributed by atoms with Crippen LogP contribution in [0.4, 0.5) is 0 Å². The van der Waals surface area contributed by atoms with E-state index in [2.05, 4.69) is 129 Å². The molecule has 0 radical (unpaired) electrons. The number of amides is 1. The molecule has 4 nitrogen and oxygen atoms in total. The van der Waals surface area contributed by atoms with Crippen molar-refractivity contribution in [3.05, 3.63) is 122 Å². The molecule has 3 N–H and O–H groups in total. The van der Waals surface area contributed by atoms with Crippen LogP contribution in [0.1, 0.15) is 290 Å². The van der Waals surface area contributed by atoms with Crippen LogP contribution in [0.25, 0.3) is 0 Å². The predicted molar refractivity (Wildman–Crippen MR) is 326 cm³/mol. The lowest BCUT2D eigenvalue weighted by atomic mass is 10.0. The highest BCUT2D eigenvalue weighted by molar-refractivity contribution is 5.76. The highest BCUT2D eigenvalue weighted by Crippen LogP contribution is 2.16. The first-order valence-corrected chi connectivity index (χ1v) is 31.2. The van der Waals surface area contributed by atoms with Crippen molar-refractivity contribution in [2.24, 2.45) is 0 Å². The molecular weight excluding hydrogens is 891 g/mol. The second kappa shape index (κ2) is 63.1. The molecule has 73 heavy (non-hydrogen) atoms. The van der Waals surface area contributed by atoms with Crippen LogP contribution in [-0.2, 0) is 4.79 Å². The van der Waals surface area contributed by atoms with Gasteiger partial charge in [0.05, 0.1) is 18.8 Å². The fourth-order valence-electron chi connectivity index (χ4n) is 8.96. The van der Waals surface area contributed by atoms with E-state index in [-0.39, 0.29) is 12.5 Å². The Bertz CT molecular complexity index is 1420. The van der Waals surface area contributed by atoms with Gasteiger partial charge in [-0.2, -0.15) is 0 Å². The van der Waals surface area contributed by atoms with Gasteiger partial charge in [-0.25, -0.2) is 0 Å². The number of hydrogen-bond donors (Lipinski definition) is 3. The summed E-state index contributed by atoms with van der Waals surface area (Å²) in [5, 5.41) is 23.2. The Hall–Kier alpha value is -3.21. The number of nitrogens with one attached hydrogen (secondary N) is 1. The Labute approximate surface area is 454 Å². The summed E-state index contributed by atoms with van der Waals surface area (Å²) in [4.78, 5) is 12.5. The summed E-state index contributed by atoms with van der Waals surface area (Å²) in [5.74, 6) is -0.0788. The monoisotopic (exact) mass is 1010 g/mol. The van der Waals surface area contributed by atoms with Gasteiger partial charge in [0.15, 0.2) is 0 Å². The highest BCUT2D eigenvalue weighted by atomic mass is 16.3. The van der Waals surface area contributed by atoms with Crippen LogP contribution in [0.3, 0.4) is 0 Å². The third-order valence-electron chi connectivity index (χ3n) is 13.7. The third-order valence-corrected chi connectivity index (χ3v) is 13.7. The first-order valence-electron chi connectivity index (χ1n) is 31.2. The fraction of sp³-hybridized carbons (Fsp3) is 0.696. The topological polar surface area (TPSA) is 69.6 Å². The predicted octanol–water partition coefficient (Wildman–Crippen LogP) is 21.2. The molecule has 0 fully saturated rings. The molecule has 1 amide bonds. The van der Waals surface area contributed by atoms with Gasteiger partial charge in [-0.3, -0.25) is 4.79 Å². The maximum atomic E-state index is 12.5. The number of unbranched alkanes of at least 4 members (excludes halogenated alkanes) is 31. The lowest BCUT2D eigenvalue weighted by Crippen LogP contribution is -2.45. The fourth-order valence-corrected chi connectivity index (χ4v) is 8.96. The Balaban J connectivity index is 3.55. The molecular formula is C69H119NO3. The standard InChI is InChI=1S/C69H119NO3/c1-3-5-7-9-11-13-15-17-19-21-23-25-27-28-29-30-31-32-33-34-35-36-37-38-39-40-41-42-43-45-47-49-51-53-55-57-59-61-63-65-69(73)70-67(66-71)68(72)64-62-60-58-56-54-52-50-48-46-44-26-24-22-20-18-16-14-12-10-8-6-4-2/h5,7,11,13,17,19,23,25,28-29,31-32,34-35,46,48,54,56,62,64,67-68,71-72H,3-4,6,8-10,12,14-16,18,20-22,24,26-27,30,33,36-45,47,49-53,55,57-61,63,65-66H2,1-2H3,(H,70,73)/b7-5-,13-11-,19-17-,25-23-,29-28-,32-31-,35-34-,48-46+,56-54+,64-62+. The first-order chi connectivity index (χ1) is 36.2.